The van der Waals surface area contributed by atoms with Gasteiger partial charge in [0.2, 0.25) is 0 Å². The van der Waals surface area contributed by atoms with E-state index in [0.29, 0.717) is 18.2 Å². The highest BCUT2D eigenvalue weighted by Crippen LogP contribution is 2.38. The highest BCUT2D eigenvalue weighted by molar-refractivity contribution is 6.30. The molecule has 0 spiro atoms. The maximum atomic E-state index is 14.8. The Morgan fingerprint density at radius 1 is 1.04 bits per heavy atom. The van der Waals surface area contributed by atoms with E-state index in [9.17, 15) is 14.0 Å². The summed E-state index contributed by atoms with van der Waals surface area (Å²) in [6.45, 7) is 7.44. The third-order valence-electron chi connectivity index (χ3n) is 9.31. The van der Waals surface area contributed by atoms with E-state index < -0.39 is 17.8 Å². The molecule has 6 rings (SSSR count). The molecular weight excluding hydrogens is 645 g/mol. The van der Waals surface area contributed by atoms with Gasteiger partial charge in [-0.3, -0.25) is 15.0 Å². The van der Waals surface area contributed by atoms with E-state index in [1.54, 1.807) is 12.3 Å². The number of hydrogen-bond acceptors (Lipinski definition) is 8. The van der Waals surface area contributed by atoms with Crippen molar-refractivity contribution in [3.05, 3.63) is 106 Å². The monoisotopic (exact) mass is 683 g/mol. The Morgan fingerprint density at radius 3 is 2.47 bits per heavy atom. The number of carbonyl (C=O) groups excluding carboxylic acids is 2. The minimum absolute atomic E-state index is 0.0169. The van der Waals surface area contributed by atoms with Gasteiger partial charge < -0.3 is 20.0 Å². The van der Waals surface area contributed by atoms with Gasteiger partial charge in [-0.2, -0.15) is 5.10 Å². The first-order chi connectivity index (χ1) is 23.7. The molecule has 3 heterocycles. The number of hydrogen-bond donors (Lipinski definition) is 2. The zero-order chi connectivity index (χ0) is 34.7. The van der Waals surface area contributed by atoms with E-state index in [1.165, 1.54) is 27.9 Å². The van der Waals surface area contributed by atoms with Crippen molar-refractivity contribution in [3.8, 4) is 5.69 Å². The minimum atomic E-state index is -0.951. The molecule has 11 nitrogen and oxygen atoms in total. The Morgan fingerprint density at radius 2 is 1.76 bits per heavy atom. The maximum Gasteiger partial charge on any atom is 0.277 e. The Bertz CT molecular complexity index is 1880. The average molecular weight is 684 g/mol. The first-order valence-corrected chi connectivity index (χ1v) is 16.5. The maximum absolute atomic E-state index is 14.8. The number of allylic oxidation sites excluding steroid dienone is 1. The van der Waals surface area contributed by atoms with Crippen LogP contribution in [0.25, 0.3) is 11.3 Å². The lowest BCUT2D eigenvalue weighted by atomic mass is 9.89. The van der Waals surface area contributed by atoms with E-state index in [2.05, 4.69) is 62.8 Å². The van der Waals surface area contributed by atoms with Crippen molar-refractivity contribution in [2.45, 2.75) is 38.3 Å². The zero-order valence-corrected chi connectivity index (χ0v) is 28.5. The van der Waals surface area contributed by atoms with E-state index >= 15 is 0 Å². The molecule has 2 amide bonds. The van der Waals surface area contributed by atoms with Crippen LogP contribution in [0.15, 0.2) is 78.2 Å². The molecule has 49 heavy (non-hydrogen) atoms. The molecule has 0 bridgehead atoms. The predicted molar refractivity (Wildman–Crippen MR) is 191 cm³/mol. The van der Waals surface area contributed by atoms with Gasteiger partial charge in [-0.25, -0.2) is 9.07 Å². The number of halogens is 2. The zero-order valence-electron chi connectivity index (χ0n) is 27.7. The lowest BCUT2D eigenvalue weighted by molar-refractivity contribution is -0.121. The number of fused-ring (bicyclic) bond motifs is 1. The van der Waals surface area contributed by atoms with Crippen LogP contribution in [-0.2, 0) is 11.2 Å². The number of nitrogens with one attached hydrogen (secondary N) is 2. The molecule has 1 saturated heterocycles. The molecule has 2 aliphatic heterocycles. The first kappa shape index (κ1) is 33.8. The first-order valence-electron chi connectivity index (χ1n) is 16.2. The third kappa shape index (κ3) is 7.06. The Balaban J connectivity index is 1.32. The summed E-state index contributed by atoms with van der Waals surface area (Å²) in [5.41, 5.74) is 8.15. The summed E-state index contributed by atoms with van der Waals surface area (Å²) in [5.74, 6) is -1.52. The second kappa shape index (κ2) is 14.6. The fourth-order valence-corrected chi connectivity index (χ4v) is 6.79. The number of nitrogens with zero attached hydrogens (tertiary/aromatic N) is 7. The highest BCUT2D eigenvalue weighted by atomic mass is 35.5. The van der Waals surface area contributed by atoms with Gasteiger partial charge in [-0.05, 0) is 92.9 Å². The molecule has 2 N–H and O–H groups in total. The fraction of sp³-hybridized carbons (Fsp3) is 0.306. The van der Waals surface area contributed by atoms with Gasteiger partial charge in [-0.1, -0.05) is 47.1 Å². The Hall–Kier alpha value is -5.07. The lowest BCUT2D eigenvalue weighted by Crippen LogP contribution is -2.46. The number of anilines is 2. The van der Waals surface area contributed by atoms with Crippen molar-refractivity contribution in [2.24, 2.45) is 5.10 Å². The van der Waals surface area contributed by atoms with Gasteiger partial charge in [-0.15, -0.1) is 5.10 Å². The van der Waals surface area contributed by atoms with Crippen LogP contribution in [0, 0.1) is 5.82 Å². The molecule has 254 valence electrons. The SMILES string of the molecule is C=NN/C=C(\C)c1ccc(NC(=O)C2c3cccc(N4CCC(N(C)C)CC4)c3CCN2C(=O)c2cn(-c3cccc(Cl)c3F)nn2)cc1. The molecule has 1 atom stereocenters. The number of rotatable bonds is 9. The van der Waals surface area contributed by atoms with Gasteiger partial charge in [0, 0.05) is 50.0 Å². The van der Waals surface area contributed by atoms with Gasteiger partial charge in [0.1, 0.15) is 11.7 Å². The average Bonchev–Trinajstić information content (AvgIpc) is 3.61. The number of benzene rings is 3. The quantitative estimate of drug-likeness (QED) is 0.176. The molecule has 0 saturated carbocycles. The number of amides is 2. The van der Waals surface area contributed by atoms with Gasteiger partial charge >= 0.3 is 0 Å². The van der Waals surface area contributed by atoms with Crippen molar-refractivity contribution in [1.82, 2.24) is 30.2 Å². The van der Waals surface area contributed by atoms with Crippen molar-refractivity contribution >= 4 is 47.1 Å². The van der Waals surface area contributed by atoms with E-state index in [0.717, 1.165) is 53.9 Å². The van der Waals surface area contributed by atoms with Crippen molar-refractivity contribution in [2.75, 3.05) is 43.9 Å². The Kier molecular flexibility index (Phi) is 10.1. The summed E-state index contributed by atoms with van der Waals surface area (Å²) in [4.78, 5) is 34.6. The number of carbonyl (C=O) groups is 2. The molecule has 2 aliphatic rings. The van der Waals surface area contributed by atoms with Crippen molar-refractivity contribution in [3.63, 3.8) is 0 Å². The highest BCUT2D eigenvalue weighted by Gasteiger charge is 2.39. The summed E-state index contributed by atoms with van der Waals surface area (Å²) in [6, 6.07) is 17.5. The van der Waals surface area contributed by atoms with Crippen LogP contribution in [0.4, 0.5) is 15.8 Å². The predicted octanol–water partition coefficient (Wildman–Crippen LogP) is 5.53. The second-order valence-corrected chi connectivity index (χ2v) is 12.9. The third-order valence-corrected chi connectivity index (χ3v) is 9.60. The summed E-state index contributed by atoms with van der Waals surface area (Å²) in [7, 11) is 4.24. The van der Waals surface area contributed by atoms with Crippen LogP contribution in [0.1, 0.15) is 53.0 Å². The van der Waals surface area contributed by atoms with Crippen molar-refractivity contribution in [1.29, 1.82) is 0 Å². The summed E-state index contributed by atoms with van der Waals surface area (Å²) in [5, 5.41) is 14.7. The van der Waals surface area contributed by atoms with Gasteiger partial charge in [0.05, 0.1) is 11.2 Å². The van der Waals surface area contributed by atoms with Crippen LogP contribution >= 0.6 is 11.6 Å². The molecule has 0 aliphatic carbocycles. The van der Waals surface area contributed by atoms with Gasteiger partial charge in [0.15, 0.2) is 11.5 Å². The van der Waals surface area contributed by atoms with Crippen LogP contribution < -0.4 is 15.6 Å². The normalized spacial score (nSPS) is 16.8. The van der Waals surface area contributed by atoms with Crippen molar-refractivity contribution < 1.29 is 14.0 Å². The lowest BCUT2D eigenvalue weighted by Gasteiger charge is -2.41. The number of hydrazone groups is 1. The van der Waals surface area contributed by atoms with Crippen LogP contribution in [0.2, 0.25) is 5.02 Å². The minimum Gasteiger partial charge on any atom is -0.371 e. The summed E-state index contributed by atoms with van der Waals surface area (Å²) < 4.78 is 16.0. The van der Waals surface area contributed by atoms with E-state index in [1.807, 2.05) is 43.3 Å². The number of piperidine rings is 1. The smallest absolute Gasteiger partial charge is 0.277 e. The fourth-order valence-electron chi connectivity index (χ4n) is 6.62. The van der Waals surface area contributed by atoms with Gasteiger partial charge in [0.25, 0.3) is 11.8 Å². The number of aromatic nitrogens is 3. The van der Waals surface area contributed by atoms with E-state index in [-0.39, 0.29) is 28.9 Å². The summed E-state index contributed by atoms with van der Waals surface area (Å²) in [6.07, 6.45) is 5.73. The summed E-state index contributed by atoms with van der Waals surface area (Å²) >= 11 is 5.98. The molecule has 13 heteroatoms. The molecule has 4 aromatic rings. The molecule has 0 radical (unpaired) electrons. The Labute approximate surface area is 290 Å². The van der Waals surface area contributed by atoms with Crippen LogP contribution in [-0.4, -0.2) is 83.1 Å². The molecule has 1 unspecified atom stereocenters. The topological polar surface area (TPSA) is 111 Å². The molecule has 1 fully saturated rings. The van der Waals surface area contributed by atoms with Crippen LogP contribution in [0.5, 0.6) is 0 Å². The molecule has 1 aromatic heterocycles. The van der Waals surface area contributed by atoms with Crippen LogP contribution in [0.3, 0.4) is 0 Å². The standard InChI is InChI=1S/C36H39ClFN9O2/c1-23(21-40-39-2)24-11-13-25(14-12-24)41-35(48)34-28-7-5-9-31(45-18-15-26(16-19-45)44(3)4)27(28)17-20-46(34)36(49)30-22-47(43-42-30)32-10-6-8-29(37)33(32)38/h5-14,21-22,26,34,40H,2,15-20H2,1,3-4H3,(H,41,48)/b23-21+. The second-order valence-electron chi connectivity index (χ2n) is 12.5. The molecule has 3 aromatic carbocycles. The largest absolute Gasteiger partial charge is 0.371 e. The molecular formula is C36H39ClFN9O2. The van der Waals surface area contributed by atoms with E-state index in [4.69, 9.17) is 11.6 Å².